The number of hydrogen-bond acceptors (Lipinski definition) is 9. The number of aromatic amines is 1. The molecule has 0 radical (unpaired) electrons. The Morgan fingerprint density at radius 1 is 0.895 bits per heavy atom. The summed E-state index contributed by atoms with van der Waals surface area (Å²) in [6, 6.07) is 19.1. The lowest BCUT2D eigenvalue weighted by atomic mass is 10.1. The van der Waals surface area contributed by atoms with Crippen LogP contribution in [0.25, 0.3) is 27.6 Å². The van der Waals surface area contributed by atoms with Crippen molar-refractivity contribution in [2.45, 2.75) is 6.92 Å². The van der Waals surface area contributed by atoms with E-state index >= 15 is 0 Å². The Bertz CT molecular complexity index is 1750. The predicted molar refractivity (Wildman–Crippen MR) is 142 cm³/mol. The van der Waals surface area contributed by atoms with E-state index in [2.05, 4.69) is 20.3 Å². The van der Waals surface area contributed by atoms with Gasteiger partial charge in [0.15, 0.2) is 11.4 Å². The smallest absolute Gasteiger partial charge is 0.286 e. The Hall–Kier alpha value is -5.30. The first kappa shape index (κ1) is 24.4. The predicted octanol–water partition coefficient (Wildman–Crippen LogP) is 6.50. The van der Waals surface area contributed by atoms with Crippen LogP contribution in [0.3, 0.4) is 0 Å². The Labute approximate surface area is 217 Å². The minimum atomic E-state index is -0.594. The number of rotatable bonds is 7. The van der Waals surface area contributed by atoms with Crippen LogP contribution in [-0.2, 0) is 0 Å². The molecule has 0 spiro atoms. The molecule has 188 valence electrons. The zero-order valence-electron chi connectivity index (χ0n) is 19.6. The molecular weight excluding hydrogens is 510 g/mol. The third kappa shape index (κ3) is 4.73. The number of nitrogens with one attached hydrogen (secondary N) is 1. The van der Waals surface area contributed by atoms with Gasteiger partial charge in [0.2, 0.25) is 5.13 Å². The fourth-order valence-corrected chi connectivity index (χ4v) is 4.43. The molecule has 0 aliphatic rings. The van der Waals surface area contributed by atoms with Gasteiger partial charge in [0.05, 0.1) is 21.2 Å². The second kappa shape index (κ2) is 9.99. The van der Waals surface area contributed by atoms with Gasteiger partial charge in [0.1, 0.15) is 0 Å². The third-order valence-corrected chi connectivity index (χ3v) is 6.43. The highest BCUT2D eigenvalue weighted by atomic mass is 32.1. The van der Waals surface area contributed by atoms with E-state index in [9.17, 15) is 25.0 Å². The molecule has 2 heterocycles. The quantitative estimate of drug-likeness (QED) is 0.144. The summed E-state index contributed by atoms with van der Waals surface area (Å²) in [7, 11) is 0. The van der Waals surface area contributed by atoms with E-state index in [4.69, 9.17) is 0 Å². The fourth-order valence-electron chi connectivity index (χ4n) is 3.64. The molecule has 12 nitrogen and oxygen atoms in total. The molecule has 0 aliphatic heterocycles. The van der Waals surface area contributed by atoms with Crippen molar-refractivity contribution in [1.29, 1.82) is 0 Å². The molecule has 0 amide bonds. The number of non-ortho nitro benzene ring substituents is 1. The number of benzene rings is 3. The van der Waals surface area contributed by atoms with Crippen molar-refractivity contribution in [3.63, 3.8) is 0 Å². The molecule has 2 aromatic heterocycles. The molecule has 0 atom stereocenters. The summed E-state index contributed by atoms with van der Waals surface area (Å²) >= 11 is 1.23. The van der Waals surface area contributed by atoms with Crippen molar-refractivity contribution in [3.05, 3.63) is 114 Å². The highest BCUT2D eigenvalue weighted by Gasteiger charge is 2.21. The third-order valence-electron chi connectivity index (χ3n) is 5.60. The van der Waals surface area contributed by atoms with Crippen molar-refractivity contribution in [2.75, 3.05) is 0 Å². The monoisotopic (exact) mass is 527 g/mol. The van der Waals surface area contributed by atoms with Gasteiger partial charge in [-0.1, -0.05) is 42.0 Å². The van der Waals surface area contributed by atoms with Crippen LogP contribution in [0.4, 0.5) is 22.7 Å². The number of nitrogens with zero attached hydrogens (tertiary/aromatic N) is 6. The van der Waals surface area contributed by atoms with Crippen LogP contribution in [0.15, 0.2) is 93.2 Å². The number of hydrogen-bond donors (Lipinski definition) is 1. The molecular formula is C25H17N7O5S. The van der Waals surface area contributed by atoms with Gasteiger partial charge in [-0.2, -0.15) is 4.68 Å². The molecule has 5 aromatic rings. The van der Waals surface area contributed by atoms with Crippen LogP contribution in [0.1, 0.15) is 5.56 Å². The summed E-state index contributed by atoms with van der Waals surface area (Å²) in [5.74, 6) is 0. The lowest BCUT2D eigenvalue weighted by Crippen LogP contribution is -2.13. The van der Waals surface area contributed by atoms with E-state index in [1.165, 1.54) is 58.5 Å². The summed E-state index contributed by atoms with van der Waals surface area (Å²) in [6.07, 6.45) is 0. The second-order valence-corrected chi connectivity index (χ2v) is 8.94. The zero-order chi connectivity index (χ0) is 26.8. The van der Waals surface area contributed by atoms with Crippen molar-refractivity contribution in [1.82, 2.24) is 14.8 Å². The van der Waals surface area contributed by atoms with Gasteiger partial charge in [-0.05, 0) is 25.1 Å². The zero-order valence-corrected chi connectivity index (χ0v) is 20.5. The van der Waals surface area contributed by atoms with E-state index in [-0.39, 0.29) is 28.4 Å². The summed E-state index contributed by atoms with van der Waals surface area (Å²) in [6.45, 7) is 1.98. The number of thiazole rings is 1. The first-order valence-electron chi connectivity index (χ1n) is 11.1. The van der Waals surface area contributed by atoms with Gasteiger partial charge in [0.25, 0.3) is 11.4 Å². The largest absolute Gasteiger partial charge is 0.301 e. The van der Waals surface area contributed by atoms with Crippen molar-refractivity contribution in [2.24, 2.45) is 10.2 Å². The van der Waals surface area contributed by atoms with E-state index in [1.54, 1.807) is 6.07 Å². The number of aromatic nitrogens is 3. The van der Waals surface area contributed by atoms with Crippen LogP contribution in [-0.4, -0.2) is 24.6 Å². The van der Waals surface area contributed by atoms with Gasteiger partial charge in [-0.25, -0.2) is 4.98 Å². The van der Waals surface area contributed by atoms with E-state index in [0.29, 0.717) is 16.4 Å². The molecule has 3 aromatic carbocycles. The van der Waals surface area contributed by atoms with Crippen LogP contribution < -0.4 is 5.56 Å². The standard InChI is InChI=1S/C25H17N7O5S/c1-15-6-8-16(9-7-15)20-14-38-25(26-20)30-24(33)23(28-27-19-4-2-3-5-21(19)32(36)37)22(29-30)17-10-12-18(13-11-17)31(34)35/h2-14,29H,1H3. The molecule has 0 saturated heterocycles. The number of aryl methyl sites for hydroxylation is 1. The fraction of sp³-hybridized carbons (Fsp3) is 0.0400. The Balaban J connectivity index is 1.62. The molecule has 1 N–H and O–H groups in total. The van der Waals surface area contributed by atoms with Gasteiger partial charge < -0.3 is 0 Å². The number of H-pyrrole nitrogens is 1. The average molecular weight is 528 g/mol. The van der Waals surface area contributed by atoms with Crippen molar-refractivity contribution < 1.29 is 9.85 Å². The van der Waals surface area contributed by atoms with Gasteiger partial charge >= 0.3 is 5.56 Å². The Morgan fingerprint density at radius 3 is 2.26 bits per heavy atom. The minimum absolute atomic E-state index is 0.0322. The summed E-state index contributed by atoms with van der Waals surface area (Å²) in [4.78, 5) is 39.4. The molecule has 38 heavy (non-hydrogen) atoms. The normalized spacial score (nSPS) is 11.2. The average Bonchev–Trinajstić information content (AvgIpc) is 3.53. The first-order valence-corrected chi connectivity index (χ1v) is 12.0. The molecule has 0 saturated carbocycles. The van der Waals surface area contributed by atoms with Gasteiger partial charge in [-0.15, -0.1) is 21.6 Å². The van der Waals surface area contributed by atoms with Crippen LogP contribution in [0.5, 0.6) is 0 Å². The van der Waals surface area contributed by atoms with Crippen LogP contribution in [0, 0.1) is 27.2 Å². The van der Waals surface area contributed by atoms with Crippen LogP contribution in [0.2, 0.25) is 0 Å². The molecule has 0 bridgehead atoms. The number of nitro groups is 2. The second-order valence-electron chi connectivity index (χ2n) is 8.11. The van der Waals surface area contributed by atoms with E-state index in [1.807, 2.05) is 36.6 Å². The number of para-hydroxylation sites is 1. The number of nitro benzene ring substituents is 2. The van der Waals surface area contributed by atoms with Crippen molar-refractivity contribution >= 4 is 34.1 Å². The molecule has 0 aliphatic carbocycles. The topological polar surface area (TPSA) is 162 Å². The highest BCUT2D eigenvalue weighted by Crippen LogP contribution is 2.33. The maximum atomic E-state index is 13.5. The first-order chi connectivity index (χ1) is 18.3. The maximum absolute atomic E-state index is 13.5. The molecule has 5 rings (SSSR count). The summed E-state index contributed by atoms with van der Waals surface area (Å²) in [5, 5.41) is 35.6. The summed E-state index contributed by atoms with van der Waals surface area (Å²) in [5.41, 5.74) is 2.15. The Kier molecular flexibility index (Phi) is 6.41. The minimum Gasteiger partial charge on any atom is -0.286 e. The highest BCUT2D eigenvalue weighted by molar-refractivity contribution is 7.12. The van der Waals surface area contributed by atoms with E-state index < -0.39 is 15.4 Å². The maximum Gasteiger partial charge on any atom is 0.301 e. The lowest BCUT2D eigenvalue weighted by molar-refractivity contribution is -0.384. The van der Waals surface area contributed by atoms with Crippen LogP contribution >= 0.6 is 11.3 Å². The van der Waals surface area contributed by atoms with Crippen molar-refractivity contribution in [3.8, 4) is 27.6 Å². The lowest BCUT2D eigenvalue weighted by Gasteiger charge is -2.00. The molecule has 0 unspecified atom stereocenters. The van der Waals surface area contributed by atoms with E-state index in [0.717, 1.165) is 11.1 Å². The van der Waals surface area contributed by atoms with Gasteiger partial charge in [-0.3, -0.25) is 30.1 Å². The molecule has 0 fully saturated rings. The summed E-state index contributed by atoms with van der Waals surface area (Å²) < 4.78 is 1.20. The SMILES string of the molecule is Cc1ccc(-c2csc(-n3[nH]c(-c4ccc([N+](=O)[O-])cc4)c(N=Nc4ccccc4[N+](=O)[O-])c3=O)n2)cc1. The Morgan fingerprint density at radius 2 is 1.58 bits per heavy atom. The van der Waals surface area contributed by atoms with Gasteiger partial charge in [0, 0.05) is 34.7 Å². The number of azo groups is 1. The molecule has 13 heteroatoms.